The highest BCUT2D eigenvalue weighted by atomic mass is 32.1. The van der Waals surface area contributed by atoms with E-state index in [1.807, 2.05) is 24.3 Å². The first-order valence-corrected chi connectivity index (χ1v) is 12.1. The van der Waals surface area contributed by atoms with E-state index in [2.05, 4.69) is 33.6 Å². The van der Waals surface area contributed by atoms with Gasteiger partial charge < -0.3 is 37.5 Å². The van der Waals surface area contributed by atoms with E-state index in [0.717, 1.165) is 16.5 Å². The SMILES string of the molecule is CC(NC(=O)C(N)Cc1c[nH]c2ccccc12)C(=O)NC(CCCCN)C(=O)NC(CS)C(=O)O. The van der Waals surface area contributed by atoms with Gasteiger partial charge in [0.1, 0.15) is 18.1 Å². The van der Waals surface area contributed by atoms with Crippen LogP contribution in [0.15, 0.2) is 30.5 Å². The molecule has 0 aliphatic rings. The molecule has 0 spiro atoms. The molecular formula is C23H34N6O5S. The highest BCUT2D eigenvalue weighted by molar-refractivity contribution is 7.80. The zero-order chi connectivity index (χ0) is 26.0. The molecule has 1 aromatic heterocycles. The quantitative estimate of drug-likeness (QED) is 0.127. The number of nitrogens with one attached hydrogen (secondary N) is 4. The van der Waals surface area contributed by atoms with Gasteiger partial charge >= 0.3 is 5.97 Å². The Morgan fingerprint density at radius 2 is 1.71 bits per heavy atom. The predicted molar refractivity (Wildman–Crippen MR) is 136 cm³/mol. The number of para-hydroxylation sites is 1. The molecule has 0 saturated carbocycles. The number of hydrogen-bond acceptors (Lipinski definition) is 7. The lowest BCUT2D eigenvalue weighted by molar-refractivity contribution is -0.141. The maximum atomic E-state index is 12.7. The zero-order valence-corrected chi connectivity index (χ0v) is 20.5. The standard InChI is InChI=1S/C23H34N6O5S/c1-13(27-21(31)16(25)10-14-11-26-17-7-3-2-6-15(14)17)20(30)28-18(8-4-5-9-24)22(32)29-19(12-35)23(33)34/h2-3,6-7,11,13,16,18-19,26,35H,4-5,8-10,12,24-25H2,1H3,(H,27,31)(H,28,30)(H,29,32)(H,33,34). The van der Waals surface area contributed by atoms with Crippen molar-refractivity contribution in [2.75, 3.05) is 12.3 Å². The number of carbonyl (C=O) groups excluding carboxylic acids is 3. The Bertz CT molecular complexity index is 1030. The van der Waals surface area contributed by atoms with Crippen molar-refractivity contribution in [3.8, 4) is 0 Å². The van der Waals surface area contributed by atoms with Gasteiger partial charge in [-0.2, -0.15) is 12.6 Å². The number of thiol groups is 1. The van der Waals surface area contributed by atoms with Crippen LogP contribution in [0.25, 0.3) is 10.9 Å². The first kappa shape index (κ1) is 28.1. The lowest BCUT2D eigenvalue weighted by Crippen LogP contribution is -2.56. The van der Waals surface area contributed by atoms with E-state index in [1.54, 1.807) is 6.20 Å². The third-order valence-electron chi connectivity index (χ3n) is 5.58. The molecule has 1 aromatic carbocycles. The molecule has 4 unspecified atom stereocenters. The highest BCUT2D eigenvalue weighted by Crippen LogP contribution is 2.18. The minimum atomic E-state index is -1.23. The van der Waals surface area contributed by atoms with E-state index in [0.29, 0.717) is 19.4 Å². The number of aromatic nitrogens is 1. The van der Waals surface area contributed by atoms with Crippen molar-refractivity contribution >= 4 is 47.2 Å². The number of carboxylic acid groups (broad SMARTS) is 1. The number of rotatable bonds is 14. The molecule has 11 nitrogen and oxygen atoms in total. The molecule has 0 radical (unpaired) electrons. The summed E-state index contributed by atoms with van der Waals surface area (Å²) in [6.07, 6.45) is 3.50. The number of fused-ring (bicyclic) bond motifs is 1. The van der Waals surface area contributed by atoms with Gasteiger partial charge in [-0.25, -0.2) is 4.79 Å². The van der Waals surface area contributed by atoms with Crippen LogP contribution in [0.3, 0.4) is 0 Å². The van der Waals surface area contributed by atoms with Crippen LogP contribution < -0.4 is 27.4 Å². The van der Waals surface area contributed by atoms with Crippen molar-refractivity contribution in [3.05, 3.63) is 36.0 Å². The summed E-state index contributed by atoms with van der Waals surface area (Å²) in [5.74, 6) is -3.09. The van der Waals surface area contributed by atoms with Gasteiger partial charge in [-0.15, -0.1) is 0 Å². The molecule has 0 fully saturated rings. The predicted octanol–water partition coefficient (Wildman–Crippen LogP) is -0.345. The number of carboxylic acids is 1. The van der Waals surface area contributed by atoms with Gasteiger partial charge in [0.25, 0.3) is 0 Å². The fourth-order valence-corrected chi connectivity index (χ4v) is 3.78. The maximum Gasteiger partial charge on any atom is 0.327 e. The first-order chi connectivity index (χ1) is 16.7. The molecule has 12 heteroatoms. The van der Waals surface area contributed by atoms with Crippen LogP contribution in [-0.4, -0.2) is 70.2 Å². The molecule has 0 saturated heterocycles. The van der Waals surface area contributed by atoms with E-state index in [4.69, 9.17) is 16.6 Å². The van der Waals surface area contributed by atoms with Crippen molar-refractivity contribution in [2.24, 2.45) is 11.5 Å². The van der Waals surface area contributed by atoms with E-state index in [9.17, 15) is 19.2 Å². The molecule has 1 heterocycles. The van der Waals surface area contributed by atoms with Crippen molar-refractivity contribution in [2.45, 2.75) is 56.8 Å². The van der Waals surface area contributed by atoms with Crippen molar-refractivity contribution in [1.82, 2.24) is 20.9 Å². The number of H-pyrrole nitrogens is 1. The number of aliphatic carboxylic acids is 1. The summed E-state index contributed by atoms with van der Waals surface area (Å²) in [7, 11) is 0. The maximum absolute atomic E-state index is 12.7. The Morgan fingerprint density at radius 3 is 2.37 bits per heavy atom. The molecule has 35 heavy (non-hydrogen) atoms. The molecule has 0 aliphatic heterocycles. The van der Waals surface area contributed by atoms with E-state index < -0.39 is 47.9 Å². The second-order valence-corrected chi connectivity index (χ2v) is 8.69. The topological polar surface area (TPSA) is 192 Å². The second kappa shape index (κ2) is 13.7. The van der Waals surface area contributed by atoms with Crippen molar-refractivity contribution < 1.29 is 24.3 Å². The molecule has 2 aromatic rings. The lowest BCUT2D eigenvalue weighted by Gasteiger charge is -2.23. The molecule has 2 rings (SSSR count). The first-order valence-electron chi connectivity index (χ1n) is 11.4. The Balaban J connectivity index is 1.97. The minimum Gasteiger partial charge on any atom is -0.480 e. The third-order valence-corrected chi connectivity index (χ3v) is 5.95. The van der Waals surface area contributed by atoms with Crippen LogP contribution in [0.2, 0.25) is 0 Å². The summed E-state index contributed by atoms with van der Waals surface area (Å²) in [6.45, 7) is 1.89. The highest BCUT2D eigenvalue weighted by Gasteiger charge is 2.28. The van der Waals surface area contributed by atoms with E-state index in [-0.39, 0.29) is 18.6 Å². The van der Waals surface area contributed by atoms with Gasteiger partial charge in [0, 0.05) is 22.9 Å². The zero-order valence-electron chi connectivity index (χ0n) is 19.6. The van der Waals surface area contributed by atoms with E-state index >= 15 is 0 Å². The summed E-state index contributed by atoms with van der Waals surface area (Å²) in [6, 6.07) is 3.61. The van der Waals surface area contributed by atoms with Gasteiger partial charge in [0.2, 0.25) is 17.7 Å². The number of unbranched alkanes of at least 4 members (excludes halogenated alkanes) is 1. The van der Waals surface area contributed by atoms with Gasteiger partial charge in [0.05, 0.1) is 6.04 Å². The Morgan fingerprint density at radius 1 is 1.03 bits per heavy atom. The molecule has 0 aliphatic carbocycles. The Hall–Kier alpha value is -3.09. The largest absolute Gasteiger partial charge is 0.480 e. The average Bonchev–Trinajstić information content (AvgIpc) is 3.24. The molecule has 0 bridgehead atoms. The number of carbonyl (C=O) groups is 4. The third kappa shape index (κ3) is 8.26. The van der Waals surface area contributed by atoms with Crippen LogP contribution in [-0.2, 0) is 25.6 Å². The van der Waals surface area contributed by atoms with Crippen LogP contribution >= 0.6 is 12.6 Å². The molecule has 192 valence electrons. The molecule has 9 N–H and O–H groups in total. The van der Waals surface area contributed by atoms with Crippen LogP contribution in [0.5, 0.6) is 0 Å². The summed E-state index contributed by atoms with van der Waals surface area (Å²) in [5.41, 5.74) is 13.4. The fraction of sp³-hybridized carbons (Fsp3) is 0.478. The van der Waals surface area contributed by atoms with Crippen LogP contribution in [0, 0.1) is 0 Å². The van der Waals surface area contributed by atoms with Gasteiger partial charge in [-0.3, -0.25) is 14.4 Å². The fourth-order valence-electron chi connectivity index (χ4n) is 3.53. The van der Waals surface area contributed by atoms with Crippen LogP contribution in [0.4, 0.5) is 0 Å². The number of hydrogen-bond donors (Lipinski definition) is 8. The molecular weight excluding hydrogens is 472 g/mol. The average molecular weight is 507 g/mol. The van der Waals surface area contributed by atoms with Crippen molar-refractivity contribution in [3.63, 3.8) is 0 Å². The van der Waals surface area contributed by atoms with Crippen molar-refractivity contribution in [1.29, 1.82) is 0 Å². The normalized spacial score (nSPS) is 14.5. The van der Waals surface area contributed by atoms with Gasteiger partial charge in [-0.1, -0.05) is 18.2 Å². The summed E-state index contributed by atoms with van der Waals surface area (Å²) < 4.78 is 0. The smallest absolute Gasteiger partial charge is 0.327 e. The number of nitrogens with two attached hydrogens (primary N) is 2. The summed E-state index contributed by atoms with van der Waals surface area (Å²) >= 11 is 3.93. The molecule has 4 atom stereocenters. The monoisotopic (exact) mass is 506 g/mol. The lowest BCUT2D eigenvalue weighted by atomic mass is 10.0. The summed E-state index contributed by atoms with van der Waals surface area (Å²) in [5, 5.41) is 17.7. The number of aromatic amines is 1. The Labute approximate surface area is 209 Å². The van der Waals surface area contributed by atoms with E-state index in [1.165, 1.54) is 6.92 Å². The summed E-state index contributed by atoms with van der Waals surface area (Å²) in [4.78, 5) is 52.3. The minimum absolute atomic E-state index is 0.106. The van der Waals surface area contributed by atoms with Gasteiger partial charge in [0.15, 0.2) is 0 Å². The number of amides is 3. The second-order valence-electron chi connectivity index (χ2n) is 8.33. The molecule has 3 amide bonds. The Kier molecular flexibility index (Phi) is 11.0. The van der Waals surface area contributed by atoms with Gasteiger partial charge in [-0.05, 0) is 50.8 Å². The van der Waals surface area contributed by atoms with Crippen LogP contribution in [0.1, 0.15) is 31.7 Å². The number of benzene rings is 1.